The fourth-order valence-corrected chi connectivity index (χ4v) is 2.44. The molecule has 25 heavy (non-hydrogen) atoms. The zero-order valence-corrected chi connectivity index (χ0v) is 14.5. The van der Waals surface area contributed by atoms with Crippen LogP contribution >= 0.6 is 0 Å². The third kappa shape index (κ3) is 5.04. The Morgan fingerprint density at radius 3 is 2.40 bits per heavy atom. The van der Waals surface area contributed by atoms with Crippen molar-refractivity contribution in [3.05, 3.63) is 48.3 Å². The van der Waals surface area contributed by atoms with Gasteiger partial charge in [-0.3, -0.25) is 9.78 Å². The summed E-state index contributed by atoms with van der Waals surface area (Å²) in [5, 5.41) is 11.8. The molecular weight excluding hydrogens is 320 g/mol. The Morgan fingerprint density at radius 1 is 1.16 bits per heavy atom. The van der Waals surface area contributed by atoms with E-state index in [-0.39, 0.29) is 5.92 Å². The first-order valence-electron chi connectivity index (χ1n) is 8.04. The van der Waals surface area contributed by atoms with E-state index in [0.29, 0.717) is 12.0 Å². The first-order chi connectivity index (χ1) is 11.9. The SMILES string of the molecule is COc1ccc(-c2cncc(C(=O)N[C@H](CC(C)C)C(=O)O)c2)cc1. The highest BCUT2D eigenvalue weighted by Gasteiger charge is 2.22. The number of benzene rings is 1. The molecule has 0 aliphatic heterocycles. The molecule has 1 aromatic heterocycles. The molecule has 0 spiro atoms. The molecule has 0 radical (unpaired) electrons. The Bertz CT molecular complexity index is 741. The topological polar surface area (TPSA) is 88.5 Å². The Balaban J connectivity index is 2.19. The number of hydrogen-bond acceptors (Lipinski definition) is 4. The first-order valence-corrected chi connectivity index (χ1v) is 8.04. The molecule has 0 saturated heterocycles. The van der Waals surface area contributed by atoms with Crippen LogP contribution in [0.25, 0.3) is 11.1 Å². The largest absolute Gasteiger partial charge is 0.497 e. The Kier molecular flexibility index (Phi) is 6.11. The van der Waals surface area contributed by atoms with E-state index in [2.05, 4.69) is 10.3 Å². The van der Waals surface area contributed by atoms with Crippen LogP contribution < -0.4 is 10.1 Å². The number of pyridine rings is 1. The number of ether oxygens (including phenoxy) is 1. The van der Waals surface area contributed by atoms with Crippen LogP contribution in [0.1, 0.15) is 30.6 Å². The number of carboxylic acids is 1. The minimum atomic E-state index is -1.04. The van der Waals surface area contributed by atoms with E-state index in [4.69, 9.17) is 4.74 Å². The maximum Gasteiger partial charge on any atom is 0.326 e. The fourth-order valence-electron chi connectivity index (χ4n) is 2.44. The van der Waals surface area contributed by atoms with Gasteiger partial charge in [0, 0.05) is 18.0 Å². The maximum atomic E-state index is 12.4. The van der Waals surface area contributed by atoms with Gasteiger partial charge < -0.3 is 15.2 Å². The highest BCUT2D eigenvalue weighted by atomic mass is 16.5. The van der Waals surface area contributed by atoms with Crippen LogP contribution in [-0.4, -0.2) is 35.1 Å². The Morgan fingerprint density at radius 2 is 1.84 bits per heavy atom. The molecule has 1 atom stereocenters. The molecule has 6 heteroatoms. The molecule has 0 fully saturated rings. The van der Waals surface area contributed by atoms with Crippen LogP contribution in [0.3, 0.4) is 0 Å². The number of hydrogen-bond donors (Lipinski definition) is 2. The van der Waals surface area contributed by atoms with Gasteiger partial charge in [0.2, 0.25) is 0 Å². The number of carbonyl (C=O) groups is 2. The van der Waals surface area contributed by atoms with E-state index in [1.54, 1.807) is 19.4 Å². The van der Waals surface area contributed by atoms with E-state index in [1.165, 1.54) is 6.20 Å². The van der Waals surface area contributed by atoms with Crippen molar-refractivity contribution in [1.82, 2.24) is 10.3 Å². The minimum Gasteiger partial charge on any atom is -0.497 e. The molecule has 1 amide bonds. The van der Waals surface area contributed by atoms with Gasteiger partial charge >= 0.3 is 5.97 Å². The normalized spacial score (nSPS) is 11.8. The number of nitrogens with one attached hydrogen (secondary N) is 1. The van der Waals surface area contributed by atoms with Crippen molar-refractivity contribution in [1.29, 1.82) is 0 Å². The lowest BCUT2D eigenvalue weighted by molar-refractivity contribution is -0.139. The van der Waals surface area contributed by atoms with Gasteiger partial charge in [-0.1, -0.05) is 26.0 Å². The molecule has 1 heterocycles. The van der Waals surface area contributed by atoms with Crippen LogP contribution in [0.5, 0.6) is 5.75 Å². The van der Waals surface area contributed by atoms with Crippen LogP contribution in [0.2, 0.25) is 0 Å². The average molecular weight is 342 g/mol. The maximum absolute atomic E-state index is 12.4. The highest BCUT2D eigenvalue weighted by molar-refractivity contribution is 5.97. The molecule has 132 valence electrons. The predicted octanol–water partition coefficient (Wildman–Crippen LogP) is 2.99. The number of aromatic nitrogens is 1. The third-order valence-electron chi connectivity index (χ3n) is 3.73. The summed E-state index contributed by atoms with van der Waals surface area (Å²) in [6.45, 7) is 3.82. The van der Waals surface area contributed by atoms with Gasteiger partial charge in [0.1, 0.15) is 11.8 Å². The number of rotatable bonds is 7. The van der Waals surface area contributed by atoms with E-state index < -0.39 is 17.9 Å². The second-order valence-corrected chi connectivity index (χ2v) is 6.18. The fraction of sp³-hybridized carbons (Fsp3) is 0.316. The van der Waals surface area contributed by atoms with E-state index >= 15 is 0 Å². The van der Waals surface area contributed by atoms with Crippen molar-refractivity contribution < 1.29 is 19.4 Å². The Labute approximate surface area is 146 Å². The highest BCUT2D eigenvalue weighted by Crippen LogP contribution is 2.22. The quantitative estimate of drug-likeness (QED) is 0.807. The molecule has 2 aromatic rings. The second kappa shape index (κ2) is 8.28. The molecule has 0 saturated carbocycles. The number of methoxy groups -OCH3 is 1. The van der Waals surface area contributed by atoms with Crippen molar-refractivity contribution in [3.8, 4) is 16.9 Å². The van der Waals surface area contributed by atoms with Crippen molar-refractivity contribution >= 4 is 11.9 Å². The summed E-state index contributed by atoms with van der Waals surface area (Å²) >= 11 is 0. The average Bonchev–Trinajstić information content (AvgIpc) is 2.60. The second-order valence-electron chi connectivity index (χ2n) is 6.18. The molecule has 2 N–H and O–H groups in total. The van der Waals surface area contributed by atoms with Crippen LogP contribution in [0.4, 0.5) is 0 Å². The van der Waals surface area contributed by atoms with Crippen molar-refractivity contribution in [3.63, 3.8) is 0 Å². The third-order valence-corrected chi connectivity index (χ3v) is 3.73. The van der Waals surface area contributed by atoms with Gasteiger partial charge in [0.05, 0.1) is 12.7 Å². The molecule has 0 aliphatic rings. The van der Waals surface area contributed by atoms with Gasteiger partial charge in [-0.05, 0) is 36.1 Å². The summed E-state index contributed by atoms with van der Waals surface area (Å²) in [4.78, 5) is 27.8. The lowest BCUT2D eigenvalue weighted by atomic mass is 10.0. The van der Waals surface area contributed by atoms with Gasteiger partial charge in [-0.2, -0.15) is 0 Å². The summed E-state index contributed by atoms with van der Waals surface area (Å²) < 4.78 is 5.13. The summed E-state index contributed by atoms with van der Waals surface area (Å²) in [5.41, 5.74) is 1.98. The number of amides is 1. The van der Waals surface area contributed by atoms with E-state index in [0.717, 1.165) is 16.9 Å². The van der Waals surface area contributed by atoms with E-state index in [1.807, 2.05) is 38.1 Å². The van der Waals surface area contributed by atoms with Gasteiger partial charge in [0.15, 0.2) is 0 Å². The summed E-state index contributed by atoms with van der Waals surface area (Å²) in [7, 11) is 1.59. The first kappa shape index (κ1) is 18.4. The molecule has 0 aliphatic carbocycles. The van der Waals surface area contributed by atoms with E-state index in [9.17, 15) is 14.7 Å². The van der Waals surface area contributed by atoms with Crippen molar-refractivity contribution in [2.75, 3.05) is 7.11 Å². The minimum absolute atomic E-state index is 0.158. The zero-order chi connectivity index (χ0) is 18.4. The smallest absolute Gasteiger partial charge is 0.326 e. The monoisotopic (exact) mass is 342 g/mol. The van der Waals surface area contributed by atoms with Crippen molar-refractivity contribution in [2.45, 2.75) is 26.3 Å². The lowest BCUT2D eigenvalue weighted by Gasteiger charge is -2.16. The molecular formula is C19H22N2O4. The summed E-state index contributed by atoms with van der Waals surface area (Å²) in [6.07, 6.45) is 3.45. The van der Waals surface area contributed by atoms with Gasteiger partial charge in [-0.15, -0.1) is 0 Å². The number of carbonyl (C=O) groups excluding carboxylic acids is 1. The number of aliphatic carboxylic acids is 1. The number of nitrogens with zero attached hydrogens (tertiary/aromatic N) is 1. The van der Waals surface area contributed by atoms with Crippen LogP contribution in [0.15, 0.2) is 42.7 Å². The van der Waals surface area contributed by atoms with Gasteiger partial charge in [-0.25, -0.2) is 4.79 Å². The lowest BCUT2D eigenvalue weighted by Crippen LogP contribution is -2.41. The zero-order valence-electron chi connectivity index (χ0n) is 14.5. The molecule has 1 aromatic carbocycles. The number of carboxylic acid groups (broad SMARTS) is 1. The summed E-state index contributed by atoms with van der Waals surface area (Å²) in [5.74, 6) is -0.592. The Hall–Kier alpha value is -2.89. The molecule has 2 rings (SSSR count). The summed E-state index contributed by atoms with van der Waals surface area (Å²) in [6, 6.07) is 8.17. The standard InChI is InChI=1S/C19H22N2O4/c1-12(2)8-17(19(23)24)21-18(22)15-9-14(10-20-11-15)13-4-6-16(25-3)7-5-13/h4-7,9-12,17H,8H2,1-3H3,(H,21,22)(H,23,24)/t17-/m1/s1. The molecule has 0 bridgehead atoms. The van der Waals surface area contributed by atoms with Crippen LogP contribution in [-0.2, 0) is 4.79 Å². The van der Waals surface area contributed by atoms with Crippen molar-refractivity contribution in [2.24, 2.45) is 5.92 Å². The molecule has 6 nitrogen and oxygen atoms in total. The van der Waals surface area contributed by atoms with Crippen LogP contribution in [0, 0.1) is 5.92 Å². The molecule has 0 unspecified atom stereocenters. The predicted molar refractivity (Wildman–Crippen MR) is 94.6 cm³/mol. The van der Waals surface area contributed by atoms with Gasteiger partial charge in [0.25, 0.3) is 5.91 Å².